The molecule has 1 aliphatic carbocycles. The van der Waals surface area contributed by atoms with E-state index in [1.807, 2.05) is 6.92 Å². The molecule has 1 amide bonds. The van der Waals surface area contributed by atoms with Crippen molar-refractivity contribution in [1.29, 1.82) is 0 Å². The molecular formula is C17H32N2O2. The van der Waals surface area contributed by atoms with E-state index in [2.05, 4.69) is 38.3 Å². The highest BCUT2D eigenvalue weighted by molar-refractivity contribution is 5.82. The number of hydrogen-bond donors (Lipinski definition) is 2. The number of piperidine rings is 1. The van der Waals surface area contributed by atoms with Crippen molar-refractivity contribution < 1.29 is 9.53 Å². The van der Waals surface area contributed by atoms with Gasteiger partial charge in [-0.05, 0) is 45.2 Å². The molecule has 0 bridgehead atoms. The van der Waals surface area contributed by atoms with E-state index in [0.717, 1.165) is 32.5 Å². The normalized spacial score (nSPS) is 32.3. The van der Waals surface area contributed by atoms with Crippen molar-refractivity contribution in [2.24, 2.45) is 16.7 Å². The van der Waals surface area contributed by atoms with Crippen LogP contribution in [0.2, 0.25) is 0 Å². The van der Waals surface area contributed by atoms with Gasteiger partial charge in [-0.3, -0.25) is 4.79 Å². The number of ether oxygens (including phenoxy) is 1. The van der Waals surface area contributed by atoms with Gasteiger partial charge in [-0.2, -0.15) is 0 Å². The first-order valence-electron chi connectivity index (χ1n) is 8.43. The van der Waals surface area contributed by atoms with E-state index in [1.54, 1.807) is 0 Å². The number of amides is 1. The van der Waals surface area contributed by atoms with E-state index >= 15 is 0 Å². The molecule has 1 saturated carbocycles. The summed E-state index contributed by atoms with van der Waals surface area (Å²) >= 11 is 0. The molecule has 1 saturated heterocycles. The minimum atomic E-state index is -0.305. The van der Waals surface area contributed by atoms with Crippen LogP contribution in [0.15, 0.2) is 0 Å². The fourth-order valence-corrected chi connectivity index (χ4v) is 3.61. The second kappa shape index (κ2) is 6.25. The van der Waals surface area contributed by atoms with E-state index in [-0.39, 0.29) is 28.9 Å². The highest BCUT2D eigenvalue weighted by Crippen LogP contribution is 2.43. The Labute approximate surface area is 129 Å². The topological polar surface area (TPSA) is 50.4 Å². The maximum absolute atomic E-state index is 12.7. The van der Waals surface area contributed by atoms with Crippen molar-refractivity contribution in [3.05, 3.63) is 0 Å². The summed E-state index contributed by atoms with van der Waals surface area (Å²) in [5.74, 6) is 0.626. The van der Waals surface area contributed by atoms with Gasteiger partial charge in [0.05, 0.1) is 6.10 Å². The SMILES string of the molecule is CCOC1CC(NC(=O)C(C)(C)C2CCCNC2)C1(C)C. The molecule has 1 heterocycles. The van der Waals surface area contributed by atoms with Crippen LogP contribution in [-0.4, -0.2) is 37.7 Å². The minimum absolute atomic E-state index is 0.0343. The number of rotatable bonds is 5. The molecule has 2 fully saturated rings. The van der Waals surface area contributed by atoms with Crippen LogP contribution in [0.4, 0.5) is 0 Å². The van der Waals surface area contributed by atoms with E-state index in [9.17, 15) is 4.79 Å². The molecule has 2 aliphatic rings. The van der Waals surface area contributed by atoms with Crippen LogP contribution in [0.25, 0.3) is 0 Å². The fourth-order valence-electron chi connectivity index (χ4n) is 3.61. The van der Waals surface area contributed by atoms with Crippen LogP contribution in [0.1, 0.15) is 53.9 Å². The summed E-state index contributed by atoms with van der Waals surface area (Å²) in [5.41, 5.74) is -0.271. The third kappa shape index (κ3) is 3.26. The number of nitrogens with one attached hydrogen (secondary N) is 2. The predicted molar refractivity (Wildman–Crippen MR) is 85.1 cm³/mol. The molecule has 1 aliphatic heterocycles. The Kier molecular flexibility index (Phi) is 4.99. The van der Waals surface area contributed by atoms with Crippen LogP contribution >= 0.6 is 0 Å². The molecular weight excluding hydrogens is 264 g/mol. The van der Waals surface area contributed by atoms with Gasteiger partial charge in [-0.25, -0.2) is 0 Å². The zero-order chi connectivity index (χ0) is 15.7. The third-order valence-corrected chi connectivity index (χ3v) is 5.75. The number of hydrogen-bond acceptors (Lipinski definition) is 3. The van der Waals surface area contributed by atoms with E-state index in [1.165, 1.54) is 6.42 Å². The first-order chi connectivity index (χ1) is 9.80. The van der Waals surface area contributed by atoms with Gasteiger partial charge in [0.15, 0.2) is 0 Å². The van der Waals surface area contributed by atoms with Gasteiger partial charge in [0.1, 0.15) is 0 Å². The highest BCUT2D eigenvalue weighted by atomic mass is 16.5. The summed E-state index contributed by atoms with van der Waals surface area (Å²) in [6.07, 6.45) is 3.52. The monoisotopic (exact) mass is 296 g/mol. The molecule has 3 atom stereocenters. The summed E-state index contributed by atoms with van der Waals surface area (Å²) in [7, 11) is 0. The van der Waals surface area contributed by atoms with Crippen molar-refractivity contribution in [3.63, 3.8) is 0 Å². The lowest BCUT2D eigenvalue weighted by molar-refractivity contribution is -0.145. The van der Waals surface area contributed by atoms with Crippen LogP contribution in [0.5, 0.6) is 0 Å². The smallest absolute Gasteiger partial charge is 0.226 e. The maximum atomic E-state index is 12.7. The second-order valence-electron chi connectivity index (χ2n) is 7.79. The second-order valence-corrected chi connectivity index (χ2v) is 7.79. The van der Waals surface area contributed by atoms with Crippen molar-refractivity contribution in [2.45, 2.75) is 66.0 Å². The molecule has 2 rings (SSSR count). The fraction of sp³-hybridized carbons (Fsp3) is 0.941. The highest BCUT2D eigenvalue weighted by Gasteiger charge is 2.51. The molecule has 0 aromatic rings. The zero-order valence-electron chi connectivity index (χ0n) is 14.3. The van der Waals surface area contributed by atoms with Crippen molar-refractivity contribution in [2.75, 3.05) is 19.7 Å². The third-order valence-electron chi connectivity index (χ3n) is 5.75. The quantitative estimate of drug-likeness (QED) is 0.818. The van der Waals surface area contributed by atoms with Gasteiger partial charge in [0.25, 0.3) is 0 Å². The lowest BCUT2D eigenvalue weighted by Crippen LogP contribution is -2.64. The standard InChI is InChI=1S/C17H32N2O2/c1-6-21-14-10-13(17(14,4)5)19-15(20)16(2,3)12-8-7-9-18-11-12/h12-14,18H,6-11H2,1-5H3,(H,19,20). The number of carbonyl (C=O) groups is 1. The van der Waals surface area contributed by atoms with Gasteiger partial charge >= 0.3 is 0 Å². The van der Waals surface area contributed by atoms with Gasteiger partial charge in [0, 0.05) is 23.5 Å². The molecule has 4 nitrogen and oxygen atoms in total. The summed E-state index contributed by atoms with van der Waals surface area (Å²) < 4.78 is 5.75. The average molecular weight is 296 g/mol. The van der Waals surface area contributed by atoms with Gasteiger partial charge in [-0.15, -0.1) is 0 Å². The molecule has 21 heavy (non-hydrogen) atoms. The lowest BCUT2D eigenvalue weighted by Gasteiger charge is -2.52. The Hall–Kier alpha value is -0.610. The minimum Gasteiger partial charge on any atom is -0.378 e. The summed E-state index contributed by atoms with van der Waals surface area (Å²) in [6, 6.07) is 0.234. The summed E-state index contributed by atoms with van der Waals surface area (Å²) in [6.45, 7) is 13.4. The van der Waals surface area contributed by atoms with Gasteiger partial charge < -0.3 is 15.4 Å². The Morgan fingerprint density at radius 2 is 2.14 bits per heavy atom. The van der Waals surface area contributed by atoms with Crippen LogP contribution in [0.3, 0.4) is 0 Å². The number of carbonyl (C=O) groups excluding carboxylic acids is 1. The molecule has 2 N–H and O–H groups in total. The molecule has 0 radical (unpaired) electrons. The van der Waals surface area contributed by atoms with Crippen molar-refractivity contribution in [3.8, 4) is 0 Å². The molecule has 122 valence electrons. The lowest BCUT2D eigenvalue weighted by atomic mass is 9.64. The Balaban J connectivity index is 1.92. The summed E-state index contributed by atoms with van der Waals surface area (Å²) in [4.78, 5) is 12.7. The van der Waals surface area contributed by atoms with Gasteiger partial charge in [0.2, 0.25) is 5.91 Å². The first kappa shape index (κ1) is 16.8. The first-order valence-corrected chi connectivity index (χ1v) is 8.43. The molecule has 0 aromatic carbocycles. The largest absolute Gasteiger partial charge is 0.378 e. The van der Waals surface area contributed by atoms with Crippen LogP contribution in [0, 0.1) is 16.7 Å². The van der Waals surface area contributed by atoms with Crippen LogP contribution in [-0.2, 0) is 9.53 Å². The Morgan fingerprint density at radius 3 is 2.67 bits per heavy atom. The molecule has 3 unspecified atom stereocenters. The molecule has 0 aromatic heterocycles. The maximum Gasteiger partial charge on any atom is 0.226 e. The van der Waals surface area contributed by atoms with Crippen LogP contribution < -0.4 is 10.6 Å². The van der Waals surface area contributed by atoms with Crippen molar-refractivity contribution >= 4 is 5.91 Å². The van der Waals surface area contributed by atoms with E-state index < -0.39 is 0 Å². The molecule has 0 spiro atoms. The molecule has 4 heteroatoms. The summed E-state index contributed by atoms with van der Waals surface area (Å²) in [5, 5.41) is 6.70. The van der Waals surface area contributed by atoms with E-state index in [0.29, 0.717) is 5.92 Å². The average Bonchev–Trinajstić information content (AvgIpc) is 2.47. The van der Waals surface area contributed by atoms with Gasteiger partial charge in [-0.1, -0.05) is 27.7 Å². The zero-order valence-corrected chi connectivity index (χ0v) is 14.3. The van der Waals surface area contributed by atoms with Crippen molar-refractivity contribution in [1.82, 2.24) is 10.6 Å². The Bertz CT molecular complexity index is 373. The Morgan fingerprint density at radius 1 is 1.43 bits per heavy atom. The predicted octanol–water partition coefficient (Wildman–Crippen LogP) is 2.33. The van der Waals surface area contributed by atoms with E-state index in [4.69, 9.17) is 4.74 Å².